The summed E-state index contributed by atoms with van der Waals surface area (Å²) in [5.41, 5.74) is -2.04. The monoisotopic (exact) mass is 412 g/mol. The molecule has 0 aliphatic carbocycles. The summed E-state index contributed by atoms with van der Waals surface area (Å²) < 4.78 is 10.9. The van der Waals surface area contributed by atoms with E-state index < -0.39 is 22.1 Å². The summed E-state index contributed by atoms with van der Waals surface area (Å²) in [6, 6.07) is 9.72. The molecule has 1 aromatic heterocycles. The van der Waals surface area contributed by atoms with Crippen molar-refractivity contribution in [1.29, 1.82) is 0 Å². The van der Waals surface area contributed by atoms with Gasteiger partial charge in [0.05, 0.1) is 30.5 Å². The zero-order chi connectivity index (χ0) is 21.8. The van der Waals surface area contributed by atoms with Crippen molar-refractivity contribution in [2.75, 3.05) is 19.5 Å². The van der Waals surface area contributed by atoms with Crippen LogP contribution in [0.2, 0.25) is 0 Å². The minimum atomic E-state index is -0.877. The standard InChI is InChI=1S/C19H16N4O7/c1-29-13-6-3-11(4-7-13)22-18(25)14(10-20-19(22)26)17(24)21-15-9-12(23(27)28)5-8-16(15)30-2/h3-10H,1-2H3,(H,20,26)(H,21,24). The third-order valence-corrected chi connectivity index (χ3v) is 4.19. The molecule has 11 nitrogen and oxygen atoms in total. The molecule has 0 aliphatic rings. The van der Waals surface area contributed by atoms with E-state index in [-0.39, 0.29) is 28.4 Å². The van der Waals surface area contributed by atoms with Gasteiger partial charge in [0.1, 0.15) is 17.1 Å². The van der Waals surface area contributed by atoms with Crippen LogP contribution in [0, 0.1) is 10.1 Å². The smallest absolute Gasteiger partial charge is 0.333 e. The molecule has 1 heterocycles. The van der Waals surface area contributed by atoms with Crippen LogP contribution in [0.3, 0.4) is 0 Å². The molecular weight excluding hydrogens is 396 g/mol. The normalized spacial score (nSPS) is 10.3. The largest absolute Gasteiger partial charge is 0.497 e. The van der Waals surface area contributed by atoms with Crippen LogP contribution in [0.1, 0.15) is 10.4 Å². The molecule has 0 unspecified atom stereocenters. The number of benzene rings is 2. The lowest BCUT2D eigenvalue weighted by atomic mass is 10.2. The third kappa shape index (κ3) is 3.90. The number of hydrogen-bond donors (Lipinski definition) is 2. The van der Waals surface area contributed by atoms with Gasteiger partial charge in [-0.1, -0.05) is 0 Å². The maximum Gasteiger partial charge on any atom is 0.333 e. The Morgan fingerprint density at radius 1 is 1.10 bits per heavy atom. The molecule has 11 heteroatoms. The van der Waals surface area contributed by atoms with Crippen LogP contribution >= 0.6 is 0 Å². The van der Waals surface area contributed by atoms with Gasteiger partial charge >= 0.3 is 5.69 Å². The maximum absolute atomic E-state index is 12.8. The van der Waals surface area contributed by atoms with Crippen molar-refractivity contribution in [3.8, 4) is 17.2 Å². The second kappa shape index (κ2) is 8.31. The molecule has 2 N–H and O–H groups in total. The van der Waals surface area contributed by atoms with E-state index in [1.54, 1.807) is 12.1 Å². The number of carbonyl (C=O) groups is 1. The second-order valence-corrected chi connectivity index (χ2v) is 5.94. The van der Waals surface area contributed by atoms with Crippen LogP contribution in [-0.2, 0) is 0 Å². The molecule has 0 spiro atoms. The maximum atomic E-state index is 12.8. The lowest BCUT2D eigenvalue weighted by Gasteiger charge is -2.11. The number of nitrogens with zero attached hydrogens (tertiary/aromatic N) is 2. The summed E-state index contributed by atoms with van der Waals surface area (Å²) >= 11 is 0. The van der Waals surface area contributed by atoms with Crippen molar-refractivity contribution < 1.29 is 19.2 Å². The van der Waals surface area contributed by atoms with E-state index in [2.05, 4.69) is 10.3 Å². The molecule has 1 amide bonds. The highest BCUT2D eigenvalue weighted by atomic mass is 16.6. The first-order valence-electron chi connectivity index (χ1n) is 8.48. The van der Waals surface area contributed by atoms with Gasteiger partial charge in [-0.05, 0) is 30.3 Å². The highest BCUT2D eigenvalue weighted by Gasteiger charge is 2.19. The van der Waals surface area contributed by atoms with E-state index >= 15 is 0 Å². The Hall–Kier alpha value is -4.41. The van der Waals surface area contributed by atoms with Crippen molar-refractivity contribution in [3.05, 3.63) is 85.2 Å². The zero-order valence-electron chi connectivity index (χ0n) is 15.9. The number of amides is 1. The van der Waals surface area contributed by atoms with E-state index in [1.165, 1.54) is 38.5 Å². The van der Waals surface area contributed by atoms with Gasteiger partial charge in [-0.25, -0.2) is 9.36 Å². The van der Waals surface area contributed by atoms with E-state index in [1.807, 2.05) is 0 Å². The topological polar surface area (TPSA) is 146 Å². The fourth-order valence-electron chi connectivity index (χ4n) is 2.70. The van der Waals surface area contributed by atoms with Crippen molar-refractivity contribution in [3.63, 3.8) is 0 Å². The number of non-ortho nitro benzene ring substituents is 1. The van der Waals surface area contributed by atoms with Crippen LogP contribution in [0.5, 0.6) is 11.5 Å². The molecule has 3 rings (SSSR count). The summed E-state index contributed by atoms with van der Waals surface area (Å²) in [6.07, 6.45) is 0.976. The van der Waals surface area contributed by atoms with E-state index in [4.69, 9.17) is 9.47 Å². The van der Waals surface area contributed by atoms with Crippen LogP contribution < -0.4 is 26.0 Å². The van der Waals surface area contributed by atoms with Gasteiger partial charge in [0.15, 0.2) is 0 Å². The average molecular weight is 412 g/mol. The number of anilines is 1. The first-order chi connectivity index (χ1) is 14.3. The summed E-state index contributed by atoms with van der Waals surface area (Å²) in [4.78, 5) is 50.4. The summed E-state index contributed by atoms with van der Waals surface area (Å²) in [5.74, 6) is -0.193. The summed E-state index contributed by atoms with van der Waals surface area (Å²) in [7, 11) is 2.80. The molecule has 0 radical (unpaired) electrons. The Morgan fingerprint density at radius 2 is 1.80 bits per heavy atom. The minimum Gasteiger partial charge on any atom is -0.497 e. The Kier molecular flexibility index (Phi) is 5.63. The number of rotatable bonds is 6. The van der Waals surface area contributed by atoms with Gasteiger partial charge in [0, 0.05) is 18.3 Å². The zero-order valence-corrected chi connectivity index (χ0v) is 15.9. The van der Waals surface area contributed by atoms with Crippen molar-refractivity contribution in [2.45, 2.75) is 0 Å². The Labute approximate surface area is 168 Å². The van der Waals surface area contributed by atoms with Gasteiger partial charge in [-0.3, -0.25) is 19.7 Å². The number of methoxy groups -OCH3 is 2. The highest BCUT2D eigenvalue weighted by molar-refractivity contribution is 6.04. The Balaban J connectivity index is 2.02. The van der Waals surface area contributed by atoms with Gasteiger partial charge in [-0.15, -0.1) is 0 Å². The number of aromatic nitrogens is 2. The number of nitro groups is 1. The van der Waals surface area contributed by atoms with E-state index in [0.717, 1.165) is 16.8 Å². The predicted molar refractivity (Wildman–Crippen MR) is 107 cm³/mol. The fraction of sp³-hybridized carbons (Fsp3) is 0.105. The lowest BCUT2D eigenvalue weighted by molar-refractivity contribution is -0.384. The number of carbonyl (C=O) groups excluding carboxylic acids is 1. The van der Waals surface area contributed by atoms with Crippen LogP contribution in [0.4, 0.5) is 11.4 Å². The fourth-order valence-corrected chi connectivity index (χ4v) is 2.70. The molecule has 0 saturated carbocycles. The van der Waals surface area contributed by atoms with E-state index in [9.17, 15) is 24.5 Å². The average Bonchev–Trinajstić information content (AvgIpc) is 2.74. The number of hydrogen-bond acceptors (Lipinski definition) is 7. The van der Waals surface area contributed by atoms with Crippen molar-refractivity contribution >= 4 is 17.3 Å². The SMILES string of the molecule is COc1ccc(-n2c(=O)[nH]cc(C(=O)Nc3cc([N+](=O)[O-])ccc3OC)c2=O)cc1. The quantitative estimate of drug-likeness (QED) is 0.463. The molecule has 0 bridgehead atoms. The summed E-state index contributed by atoms with van der Waals surface area (Å²) in [6.45, 7) is 0. The van der Waals surface area contributed by atoms with Crippen molar-refractivity contribution in [1.82, 2.24) is 9.55 Å². The minimum absolute atomic E-state index is 0.00158. The molecule has 30 heavy (non-hydrogen) atoms. The summed E-state index contributed by atoms with van der Waals surface area (Å²) in [5, 5.41) is 13.4. The molecule has 0 atom stereocenters. The Morgan fingerprint density at radius 3 is 2.40 bits per heavy atom. The van der Waals surface area contributed by atoms with Crippen LogP contribution in [0.15, 0.2) is 58.3 Å². The van der Waals surface area contributed by atoms with E-state index in [0.29, 0.717) is 5.75 Å². The third-order valence-electron chi connectivity index (χ3n) is 4.19. The van der Waals surface area contributed by atoms with Gasteiger partial charge in [0.2, 0.25) is 0 Å². The van der Waals surface area contributed by atoms with Gasteiger partial charge < -0.3 is 19.8 Å². The molecule has 0 saturated heterocycles. The highest BCUT2D eigenvalue weighted by Crippen LogP contribution is 2.29. The molecular formula is C19H16N4O7. The van der Waals surface area contributed by atoms with Gasteiger partial charge in [-0.2, -0.15) is 0 Å². The molecule has 3 aromatic rings. The first-order valence-corrected chi connectivity index (χ1v) is 8.48. The van der Waals surface area contributed by atoms with Crippen LogP contribution in [-0.4, -0.2) is 34.6 Å². The number of H-pyrrole nitrogens is 1. The predicted octanol–water partition coefficient (Wildman–Crippen LogP) is 1.70. The first kappa shape index (κ1) is 20.3. The molecule has 0 fully saturated rings. The number of nitro benzene ring substituents is 1. The lowest BCUT2D eigenvalue weighted by Crippen LogP contribution is -2.38. The number of nitrogens with one attached hydrogen (secondary N) is 2. The van der Waals surface area contributed by atoms with Gasteiger partial charge in [0.25, 0.3) is 17.2 Å². The number of aromatic amines is 1. The molecule has 0 aliphatic heterocycles. The molecule has 2 aromatic carbocycles. The Bertz CT molecular complexity index is 1230. The van der Waals surface area contributed by atoms with Crippen molar-refractivity contribution in [2.24, 2.45) is 0 Å². The number of ether oxygens (including phenoxy) is 2. The molecule has 154 valence electrons. The second-order valence-electron chi connectivity index (χ2n) is 5.94. The van der Waals surface area contributed by atoms with Crippen LogP contribution in [0.25, 0.3) is 5.69 Å².